The van der Waals surface area contributed by atoms with Crippen molar-refractivity contribution in [2.75, 3.05) is 12.4 Å². The Labute approximate surface area is 175 Å². The molecule has 1 fully saturated rings. The van der Waals surface area contributed by atoms with Crippen LogP contribution >= 0.6 is 11.6 Å². The highest BCUT2D eigenvalue weighted by atomic mass is 35.5. The summed E-state index contributed by atoms with van der Waals surface area (Å²) >= 11 is 5.87. The van der Waals surface area contributed by atoms with Crippen LogP contribution in [0.4, 0.5) is 5.69 Å². The largest absolute Gasteiger partial charge is 0.495 e. The molecular weight excluding hydrogens is 416 g/mol. The molecule has 9 heteroatoms. The third-order valence-corrected chi connectivity index (χ3v) is 6.13. The fraction of sp³-hybridized carbons (Fsp3) is 0.350. The molecule has 1 amide bonds. The van der Waals surface area contributed by atoms with E-state index in [1.807, 2.05) is 0 Å². The van der Waals surface area contributed by atoms with Crippen LogP contribution < -0.4 is 19.5 Å². The van der Waals surface area contributed by atoms with Gasteiger partial charge in [0.2, 0.25) is 10.0 Å². The smallest absolute Gasteiger partial charge is 0.268 e. The summed E-state index contributed by atoms with van der Waals surface area (Å²) in [5.74, 6) is 0.355. The summed E-state index contributed by atoms with van der Waals surface area (Å²) < 4.78 is 38.6. The number of carbonyl (C=O) groups is 1. The number of sulfonamides is 1. The number of hydrogen-bond donors (Lipinski definition) is 2. The number of nitrogens with one attached hydrogen (secondary N) is 2. The zero-order chi connectivity index (χ0) is 21.2. The zero-order valence-corrected chi connectivity index (χ0v) is 17.9. The molecule has 0 aliphatic heterocycles. The molecule has 29 heavy (non-hydrogen) atoms. The first-order valence-electron chi connectivity index (χ1n) is 9.07. The normalized spacial score (nSPS) is 14.3. The Bertz CT molecular complexity index is 1000. The molecule has 2 N–H and O–H groups in total. The van der Waals surface area contributed by atoms with Crippen molar-refractivity contribution < 1.29 is 22.7 Å². The van der Waals surface area contributed by atoms with Crippen LogP contribution in [0, 0.1) is 0 Å². The second-order valence-corrected chi connectivity index (χ2v) is 9.43. The Morgan fingerprint density at radius 2 is 1.79 bits per heavy atom. The lowest BCUT2D eigenvalue weighted by molar-refractivity contribution is -0.128. The van der Waals surface area contributed by atoms with Gasteiger partial charge in [-0.05, 0) is 69.2 Å². The predicted octanol–water partition coefficient (Wildman–Crippen LogP) is 3.59. The summed E-state index contributed by atoms with van der Waals surface area (Å²) in [5.41, 5.74) is -0.996. The van der Waals surface area contributed by atoms with Gasteiger partial charge >= 0.3 is 0 Å². The minimum atomic E-state index is -3.67. The summed E-state index contributed by atoms with van der Waals surface area (Å²) in [6.07, 6.45) is 1.66. The van der Waals surface area contributed by atoms with Crippen molar-refractivity contribution >= 4 is 33.2 Å². The van der Waals surface area contributed by atoms with E-state index in [2.05, 4.69) is 10.0 Å². The van der Waals surface area contributed by atoms with Crippen LogP contribution in [-0.2, 0) is 14.8 Å². The molecule has 3 rings (SSSR count). The van der Waals surface area contributed by atoms with Gasteiger partial charge in [0.15, 0.2) is 5.60 Å². The fourth-order valence-corrected chi connectivity index (χ4v) is 4.01. The van der Waals surface area contributed by atoms with E-state index in [9.17, 15) is 13.2 Å². The molecule has 0 radical (unpaired) electrons. The van der Waals surface area contributed by atoms with E-state index >= 15 is 0 Å². The second kappa shape index (κ2) is 8.22. The van der Waals surface area contributed by atoms with Gasteiger partial charge in [0.1, 0.15) is 11.5 Å². The van der Waals surface area contributed by atoms with E-state index in [0.29, 0.717) is 16.5 Å². The van der Waals surface area contributed by atoms with E-state index in [0.717, 1.165) is 12.8 Å². The van der Waals surface area contributed by atoms with Gasteiger partial charge in [0.25, 0.3) is 5.91 Å². The topological polar surface area (TPSA) is 93.7 Å². The first kappa shape index (κ1) is 21.4. The molecule has 156 valence electrons. The maximum Gasteiger partial charge on any atom is 0.268 e. The van der Waals surface area contributed by atoms with Crippen molar-refractivity contribution in [3.8, 4) is 11.5 Å². The summed E-state index contributed by atoms with van der Waals surface area (Å²) in [6.45, 7) is 3.22. The zero-order valence-electron chi connectivity index (χ0n) is 16.4. The number of halogens is 1. The maximum absolute atomic E-state index is 12.8. The lowest BCUT2D eigenvalue weighted by Crippen LogP contribution is -2.42. The molecule has 2 aromatic carbocycles. The van der Waals surface area contributed by atoms with Gasteiger partial charge < -0.3 is 14.8 Å². The van der Waals surface area contributed by atoms with E-state index in [-0.39, 0.29) is 16.6 Å². The quantitative estimate of drug-likeness (QED) is 0.657. The van der Waals surface area contributed by atoms with E-state index < -0.39 is 21.5 Å². The third-order valence-electron chi connectivity index (χ3n) is 4.36. The number of carbonyl (C=O) groups excluding carboxylic acids is 1. The summed E-state index contributed by atoms with van der Waals surface area (Å²) in [6, 6.07) is 10.9. The van der Waals surface area contributed by atoms with E-state index in [4.69, 9.17) is 21.1 Å². The first-order chi connectivity index (χ1) is 13.6. The number of anilines is 1. The van der Waals surface area contributed by atoms with E-state index in [1.54, 1.807) is 38.1 Å². The van der Waals surface area contributed by atoms with Crippen LogP contribution in [-0.4, -0.2) is 33.1 Å². The molecule has 0 saturated heterocycles. The Kier molecular flexibility index (Phi) is 6.07. The molecule has 0 atom stereocenters. The number of rotatable bonds is 8. The van der Waals surface area contributed by atoms with Gasteiger partial charge in [-0.1, -0.05) is 11.6 Å². The van der Waals surface area contributed by atoms with Gasteiger partial charge in [-0.2, -0.15) is 0 Å². The number of methoxy groups -OCH3 is 1. The second-order valence-electron chi connectivity index (χ2n) is 7.28. The fourth-order valence-electron chi connectivity index (χ4n) is 2.56. The average Bonchev–Trinajstić information content (AvgIpc) is 3.46. The molecule has 1 saturated carbocycles. The monoisotopic (exact) mass is 438 g/mol. The number of benzene rings is 2. The summed E-state index contributed by atoms with van der Waals surface area (Å²) in [4.78, 5) is 12.9. The lowest BCUT2D eigenvalue weighted by atomic mass is 10.1. The van der Waals surface area contributed by atoms with Crippen molar-refractivity contribution in [3.63, 3.8) is 0 Å². The van der Waals surface area contributed by atoms with Gasteiger partial charge in [-0.3, -0.25) is 4.79 Å². The highest BCUT2D eigenvalue weighted by Gasteiger charge is 2.32. The molecule has 2 aromatic rings. The molecule has 1 aliphatic carbocycles. The summed E-state index contributed by atoms with van der Waals surface area (Å²) in [5, 5.41) is 3.27. The van der Waals surface area contributed by atoms with Crippen LogP contribution in [0.5, 0.6) is 11.5 Å². The highest BCUT2D eigenvalue weighted by molar-refractivity contribution is 7.89. The summed E-state index contributed by atoms with van der Waals surface area (Å²) in [7, 11) is -2.23. The van der Waals surface area contributed by atoms with Crippen LogP contribution in [0.3, 0.4) is 0 Å². The Balaban J connectivity index is 1.80. The Morgan fingerprint density at radius 3 is 2.38 bits per heavy atom. The van der Waals surface area contributed by atoms with Gasteiger partial charge in [0, 0.05) is 11.1 Å². The molecule has 0 spiro atoms. The molecule has 0 aromatic heterocycles. The van der Waals surface area contributed by atoms with Crippen molar-refractivity contribution in [2.24, 2.45) is 0 Å². The highest BCUT2D eigenvalue weighted by Crippen LogP contribution is 2.30. The molecule has 1 aliphatic rings. The third kappa shape index (κ3) is 5.41. The van der Waals surface area contributed by atoms with Crippen LogP contribution in [0.15, 0.2) is 47.4 Å². The number of amides is 1. The number of ether oxygens (including phenoxy) is 2. The Morgan fingerprint density at radius 1 is 1.14 bits per heavy atom. The minimum absolute atomic E-state index is 0.0214. The molecular formula is C20H23ClN2O5S. The van der Waals surface area contributed by atoms with Crippen LogP contribution in [0.2, 0.25) is 5.02 Å². The average molecular weight is 439 g/mol. The van der Waals surface area contributed by atoms with Crippen molar-refractivity contribution in [2.45, 2.75) is 43.2 Å². The molecule has 0 heterocycles. The van der Waals surface area contributed by atoms with Crippen molar-refractivity contribution in [1.82, 2.24) is 4.72 Å². The SMILES string of the molecule is COc1ccc(S(=O)(=O)NC2CC2)cc1NC(=O)C(C)(C)Oc1ccc(Cl)cc1. The molecule has 0 bridgehead atoms. The first-order valence-corrected chi connectivity index (χ1v) is 10.9. The number of hydrogen-bond acceptors (Lipinski definition) is 5. The van der Waals surface area contributed by atoms with Crippen molar-refractivity contribution in [3.05, 3.63) is 47.5 Å². The molecule has 0 unspecified atom stereocenters. The maximum atomic E-state index is 12.8. The van der Waals surface area contributed by atoms with Crippen molar-refractivity contribution in [1.29, 1.82) is 0 Å². The lowest BCUT2D eigenvalue weighted by Gasteiger charge is -2.26. The van der Waals surface area contributed by atoms with Gasteiger partial charge in [-0.15, -0.1) is 0 Å². The Hall–Kier alpha value is -2.29. The molecule has 7 nitrogen and oxygen atoms in total. The van der Waals surface area contributed by atoms with Gasteiger partial charge in [-0.25, -0.2) is 13.1 Å². The van der Waals surface area contributed by atoms with Crippen LogP contribution in [0.1, 0.15) is 26.7 Å². The van der Waals surface area contributed by atoms with E-state index in [1.165, 1.54) is 25.3 Å². The predicted molar refractivity (Wildman–Crippen MR) is 111 cm³/mol. The standard InChI is InChI=1S/C20H23ClN2O5S/c1-20(2,28-15-8-4-13(21)5-9-15)19(24)22-17-12-16(10-11-18(17)27-3)29(25,26)23-14-6-7-14/h4-5,8-12,14,23H,6-7H2,1-3H3,(H,22,24). The minimum Gasteiger partial charge on any atom is -0.495 e. The van der Waals surface area contributed by atoms with Crippen LogP contribution in [0.25, 0.3) is 0 Å². The van der Waals surface area contributed by atoms with Gasteiger partial charge in [0.05, 0.1) is 17.7 Å².